The standard InChI is InChI=1S/C10H14N2O6S/c1-5(13)11-4-10(2)8(9(15)16)12-6(14)3-7(12)19(10,17)18/h7-8H,3-4H2,1-2H3,(H,11,13)(H,15,16)/t7-,8+,10+/m1/s1. The third-order valence-corrected chi connectivity index (χ3v) is 6.51. The van der Waals surface area contributed by atoms with E-state index in [2.05, 4.69) is 5.32 Å². The van der Waals surface area contributed by atoms with E-state index in [-0.39, 0.29) is 13.0 Å². The zero-order valence-corrected chi connectivity index (χ0v) is 11.2. The fourth-order valence-corrected chi connectivity index (χ4v) is 4.93. The minimum absolute atomic E-state index is 0.193. The van der Waals surface area contributed by atoms with Crippen LogP contribution in [0.3, 0.4) is 0 Å². The van der Waals surface area contributed by atoms with Gasteiger partial charge in [-0.2, -0.15) is 0 Å². The Morgan fingerprint density at radius 3 is 2.53 bits per heavy atom. The number of hydrogen-bond acceptors (Lipinski definition) is 5. The summed E-state index contributed by atoms with van der Waals surface area (Å²) in [6.45, 7) is 2.13. The first-order valence-electron chi connectivity index (χ1n) is 5.65. The molecule has 19 heavy (non-hydrogen) atoms. The van der Waals surface area contributed by atoms with Crippen molar-refractivity contribution in [1.82, 2.24) is 10.2 Å². The minimum Gasteiger partial charge on any atom is -0.480 e. The number of sulfone groups is 1. The molecule has 0 aromatic rings. The zero-order valence-electron chi connectivity index (χ0n) is 10.4. The molecule has 0 aromatic carbocycles. The van der Waals surface area contributed by atoms with Gasteiger partial charge in [-0.25, -0.2) is 13.2 Å². The van der Waals surface area contributed by atoms with E-state index in [0.29, 0.717) is 0 Å². The largest absolute Gasteiger partial charge is 0.480 e. The summed E-state index contributed by atoms with van der Waals surface area (Å²) in [5.41, 5.74) is 0. The normalized spacial score (nSPS) is 35.5. The van der Waals surface area contributed by atoms with Crippen molar-refractivity contribution in [3.05, 3.63) is 0 Å². The van der Waals surface area contributed by atoms with E-state index in [1.807, 2.05) is 0 Å². The van der Waals surface area contributed by atoms with E-state index in [4.69, 9.17) is 0 Å². The fourth-order valence-electron chi connectivity index (χ4n) is 2.61. The molecule has 2 aliphatic heterocycles. The first-order chi connectivity index (χ1) is 8.63. The van der Waals surface area contributed by atoms with Crippen molar-refractivity contribution in [1.29, 1.82) is 0 Å². The van der Waals surface area contributed by atoms with Crippen molar-refractivity contribution in [2.45, 2.75) is 36.4 Å². The van der Waals surface area contributed by atoms with E-state index >= 15 is 0 Å². The Bertz CT molecular complexity index is 571. The molecule has 0 spiro atoms. The molecule has 2 amide bonds. The van der Waals surface area contributed by atoms with Crippen LogP contribution >= 0.6 is 0 Å². The molecule has 0 aromatic heterocycles. The van der Waals surface area contributed by atoms with E-state index in [1.165, 1.54) is 13.8 Å². The van der Waals surface area contributed by atoms with Gasteiger partial charge in [0.25, 0.3) is 0 Å². The average Bonchev–Trinajstić information content (AvgIpc) is 2.41. The number of hydrogen-bond donors (Lipinski definition) is 2. The van der Waals surface area contributed by atoms with E-state index < -0.39 is 43.8 Å². The Labute approximate surface area is 109 Å². The van der Waals surface area contributed by atoms with Gasteiger partial charge in [-0.3, -0.25) is 9.59 Å². The summed E-state index contributed by atoms with van der Waals surface area (Å²) in [6.07, 6.45) is -0.193. The van der Waals surface area contributed by atoms with Crippen LogP contribution in [-0.2, 0) is 24.2 Å². The molecule has 8 nitrogen and oxygen atoms in total. The number of β-lactam (4-membered cyclic amide) rings is 1. The number of nitrogens with one attached hydrogen (secondary N) is 1. The molecule has 2 heterocycles. The molecule has 2 aliphatic rings. The molecule has 0 saturated carbocycles. The maximum Gasteiger partial charge on any atom is 0.328 e. The van der Waals surface area contributed by atoms with Crippen LogP contribution in [0.25, 0.3) is 0 Å². The van der Waals surface area contributed by atoms with Crippen molar-refractivity contribution in [2.24, 2.45) is 0 Å². The summed E-state index contributed by atoms with van der Waals surface area (Å²) in [5.74, 6) is -2.33. The number of nitrogens with zero attached hydrogens (tertiary/aromatic N) is 1. The highest BCUT2D eigenvalue weighted by atomic mass is 32.2. The lowest BCUT2D eigenvalue weighted by Gasteiger charge is -2.35. The van der Waals surface area contributed by atoms with Gasteiger partial charge in [0.05, 0.1) is 6.42 Å². The van der Waals surface area contributed by atoms with Gasteiger partial charge in [-0.05, 0) is 6.92 Å². The Morgan fingerprint density at radius 1 is 1.53 bits per heavy atom. The summed E-state index contributed by atoms with van der Waals surface area (Å²) in [4.78, 5) is 34.6. The first-order valence-corrected chi connectivity index (χ1v) is 7.19. The van der Waals surface area contributed by atoms with Gasteiger partial charge in [0, 0.05) is 13.5 Å². The molecule has 0 bridgehead atoms. The molecule has 106 valence electrons. The van der Waals surface area contributed by atoms with Gasteiger partial charge in [0.1, 0.15) is 10.1 Å². The predicted molar refractivity (Wildman–Crippen MR) is 62.7 cm³/mol. The van der Waals surface area contributed by atoms with Crippen molar-refractivity contribution in [3.8, 4) is 0 Å². The summed E-state index contributed by atoms with van der Waals surface area (Å²) < 4.78 is 23.0. The van der Waals surface area contributed by atoms with Crippen molar-refractivity contribution in [2.75, 3.05) is 6.54 Å². The molecule has 2 rings (SSSR count). The predicted octanol–water partition coefficient (Wildman–Crippen LogP) is -1.68. The van der Waals surface area contributed by atoms with Crippen LogP contribution in [0.1, 0.15) is 20.3 Å². The minimum atomic E-state index is -3.84. The van der Waals surface area contributed by atoms with Crippen LogP contribution in [0.15, 0.2) is 0 Å². The van der Waals surface area contributed by atoms with Crippen LogP contribution in [-0.4, -0.2) is 58.9 Å². The van der Waals surface area contributed by atoms with E-state index in [1.54, 1.807) is 0 Å². The van der Waals surface area contributed by atoms with Gasteiger partial charge < -0.3 is 15.3 Å². The van der Waals surface area contributed by atoms with Crippen LogP contribution in [0, 0.1) is 0 Å². The Kier molecular flexibility index (Phi) is 2.85. The first kappa shape index (κ1) is 13.8. The van der Waals surface area contributed by atoms with Crippen molar-refractivity contribution < 1.29 is 27.9 Å². The highest BCUT2D eigenvalue weighted by molar-refractivity contribution is 7.94. The SMILES string of the molecule is CC(=O)NC[C@@]1(C)[C@H](C(=O)O)N2C(=O)C[C@H]2S1(=O)=O. The lowest BCUT2D eigenvalue weighted by atomic mass is 9.96. The summed E-state index contributed by atoms with van der Waals surface area (Å²) in [5, 5.41) is 10.5. The van der Waals surface area contributed by atoms with Gasteiger partial charge in [0.2, 0.25) is 11.8 Å². The molecule has 3 atom stereocenters. The highest BCUT2D eigenvalue weighted by Crippen LogP contribution is 2.45. The molecule has 0 radical (unpaired) electrons. The average molecular weight is 290 g/mol. The van der Waals surface area contributed by atoms with Crippen LogP contribution in [0.5, 0.6) is 0 Å². The Hall–Kier alpha value is -1.64. The Balaban J connectivity index is 2.45. The summed E-state index contributed by atoms with van der Waals surface area (Å²) in [6, 6.07) is -1.46. The molecule has 9 heteroatoms. The molecule has 2 fully saturated rings. The molecule has 2 saturated heterocycles. The molecular weight excluding hydrogens is 276 g/mol. The topological polar surface area (TPSA) is 121 Å². The number of carboxylic acids is 1. The number of carbonyl (C=O) groups excluding carboxylic acids is 2. The fraction of sp³-hybridized carbons (Fsp3) is 0.700. The second-order valence-corrected chi connectivity index (χ2v) is 7.53. The third-order valence-electron chi connectivity index (χ3n) is 3.73. The van der Waals surface area contributed by atoms with Crippen molar-refractivity contribution >= 4 is 27.6 Å². The monoisotopic (exact) mass is 290 g/mol. The number of carboxylic acid groups (broad SMARTS) is 1. The van der Waals surface area contributed by atoms with Gasteiger partial charge in [-0.15, -0.1) is 0 Å². The number of rotatable bonds is 3. The molecular formula is C10H14N2O6S. The molecule has 2 N–H and O–H groups in total. The summed E-state index contributed by atoms with van der Waals surface area (Å²) >= 11 is 0. The van der Waals surface area contributed by atoms with Gasteiger partial charge >= 0.3 is 5.97 Å². The van der Waals surface area contributed by atoms with Crippen LogP contribution < -0.4 is 5.32 Å². The van der Waals surface area contributed by atoms with Crippen LogP contribution in [0.4, 0.5) is 0 Å². The van der Waals surface area contributed by atoms with E-state index in [0.717, 1.165) is 4.90 Å². The van der Waals surface area contributed by atoms with Gasteiger partial charge in [0.15, 0.2) is 15.9 Å². The number of fused-ring (bicyclic) bond motifs is 1. The zero-order chi connectivity index (χ0) is 14.6. The highest BCUT2D eigenvalue weighted by Gasteiger charge is 2.69. The molecule has 0 unspecified atom stereocenters. The maximum atomic E-state index is 12.3. The number of amides is 2. The number of aliphatic carboxylic acids is 1. The second-order valence-electron chi connectivity index (χ2n) is 4.97. The van der Waals surface area contributed by atoms with Gasteiger partial charge in [-0.1, -0.05) is 0 Å². The lowest BCUT2D eigenvalue weighted by Crippen LogP contribution is -2.59. The summed E-state index contributed by atoms with van der Waals surface area (Å²) in [7, 11) is -3.84. The lowest BCUT2D eigenvalue weighted by molar-refractivity contribution is -0.157. The molecule has 0 aliphatic carbocycles. The quantitative estimate of drug-likeness (QED) is 0.599. The van der Waals surface area contributed by atoms with E-state index in [9.17, 15) is 27.9 Å². The van der Waals surface area contributed by atoms with Crippen molar-refractivity contribution in [3.63, 3.8) is 0 Å². The second kappa shape index (κ2) is 3.92. The number of carbonyl (C=O) groups is 3. The maximum absolute atomic E-state index is 12.3. The third kappa shape index (κ3) is 1.64. The smallest absolute Gasteiger partial charge is 0.328 e. The Morgan fingerprint density at radius 2 is 2.11 bits per heavy atom. The van der Waals surface area contributed by atoms with Crippen LogP contribution in [0.2, 0.25) is 0 Å².